The molecular weight excluding hydrogens is 244 g/mol. The molecule has 0 saturated heterocycles. The molecule has 2 aromatic rings. The predicted octanol–water partition coefficient (Wildman–Crippen LogP) is 3.13. The molecule has 0 bridgehead atoms. The van der Waals surface area contributed by atoms with Gasteiger partial charge in [0.05, 0.1) is 5.01 Å². The van der Waals surface area contributed by atoms with Crippen LogP contribution in [0.25, 0.3) is 0 Å². The van der Waals surface area contributed by atoms with E-state index in [4.69, 9.17) is 0 Å². The van der Waals surface area contributed by atoms with Crippen LogP contribution in [0.1, 0.15) is 30.0 Å². The van der Waals surface area contributed by atoms with Gasteiger partial charge in [0.2, 0.25) is 0 Å². The van der Waals surface area contributed by atoms with Gasteiger partial charge in [0.15, 0.2) is 0 Å². The van der Waals surface area contributed by atoms with Crippen molar-refractivity contribution in [2.24, 2.45) is 0 Å². The highest BCUT2D eigenvalue weighted by Gasteiger charge is 2.12. The van der Waals surface area contributed by atoms with Crippen LogP contribution < -0.4 is 5.32 Å². The van der Waals surface area contributed by atoms with Gasteiger partial charge in [-0.1, -0.05) is 25.1 Å². The van der Waals surface area contributed by atoms with Crippen molar-refractivity contribution in [3.63, 3.8) is 0 Å². The maximum absolute atomic E-state index is 9.85. The number of rotatable bonds is 6. The van der Waals surface area contributed by atoms with Crippen LogP contribution in [0.15, 0.2) is 35.8 Å². The highest BCUT2D eigenvalue weighted by atomic mass is 32.1. The fourth-order valence-electron chi connectivity index (χ4n) is 1.99. The Morgan fingerprint density at radius 2 is 2.22 bits per heavy atom. The fourth-order valence-corrected chi connectivity index (χ4v) is 2.61. The van der Waals surface area contributed by atoms with Crippen LogP contribution in [-0.4, -0.2) is 16.6 Å². The van der Waals surface area contributed by atoms with E-state index in [9.17, 15) is 5.11 Å². The number of nitrogens with one attached hydrogen (secondary N) is 1. The minimum atomic E-state index is 0.200. The maximum Gasteiger partial charge on any atom is 0.120 e. The molecule has 2 N–H and O–H groups in total. The average molecular weight is 262 g/mol. The minimum absolute atomic E-state index is 0.200. The second-order valence-electron chi connectivity index (χ2n) is 4.15. The molecule has 0 fully saturated rings. The van der Waals surface area contributed by atoms with Gasteiger partial charge in [-0.05, 0) is 12.5 Å². The second-order valence-corrected chi connectivity index (χ2v) is 5.13. The lowest BCUT2D eigenvalue weighted by atomic mass is 10.0. The smallest absolute Gasteiger partial charge is 0.120 e. The quantitative estimate of drug-likeness (QED) is 0.840. The van der Waals surface area contributed by atoms with E-state index in [1.807, 2.05) is 29.8 Å². The Morgan fingerprint density at radius 1 is 1.39 bits per heavy atom. The molecule has 0 saturated carbocycles. The SMILES string of the molecule is CCC(NCCc1nccs1)c1ccccc1O. The fraction of sp³-hybridized carbons (Fsp3) is 0.357. The summed E-state index contributed by atoms with van der Waals surface area (Å²) in [6.45, 7) is 2.99. The molecule has 0 aliphatic carbocycles. The summed E-state index contributed by atoms with van der Waals surface area (Å²) in [5, 5.41) is 16.5. The van der Waals surface area contributed by atoms with Crippen LogP contribution >= 0.6 is 11.3 Å². The van der Waals surface area contributed by atoms with Gasteiger partial charge in [-0.3, -0.25) is 0 Å². The van der Waals surface area contributed by atoms with Crippen molar-refractivity contribution in [1.82, 2.24) is 10.3 Å². The lowest BCUT2D eigenvalue weighted by Crippen LogP contribution is -2.23. The topological polar surface area (TPSA) is 45.2 Å². The second kappa shape index (κ2) is 6.52. The molecule has 0 aliphatic heterocycles. The van der Waals surface area contributed by atoms with Crippen molar-refractivity contribution in [1.29, 1.82) is 0 Å². The van der Waals surface area contributed by atoms with Crippen molar-refractivity contribution in [3.05, 3.63) is 46.4 Å². The number of para-hydroxylation sites is 1. The van der Waals surface area contributed by atoms with Crippen LogP contribution in [0.4, 0.5) is 0 Å². The molecule has 1 heterocycles. The number of aromatic hydroxyl groups is 1. The molecule has 0 radical (unpaired) electrons. The van der Waals surface area contributed by atoms with Gasteiger partial charge in [-0.2, -0.15) is 0 Å². The molecule has 1 atom stereocenters. The molecule has 2 rings (SSSR count). The Labute approximate surface area is 112 Å². The van der Waals surface area contributed by atoms with E-state index in [0.717, 1.165) is 30.0 Å². The zero-order chi connectivity index (χ0) is 12.8. The van der Waals surface area contributed by atoms with Gasteiger partial charge in [0.1, 0.15) is 5.75 Å². The van der Waals surface area contributed by atoms with Crippen LogP contribution in [-0.2, 0) is 6.42 Å². The normalized spacial score (nSPS) is 12.5. The van der Waals surface area contributed by atoms with E-state index in [2.05, 4.69) is 17.2 Å². The maximum atomic E-state index is 9.85. The molecule has 0 spiro atoms. The Hall–Kier alpha value is -1.39. The van der Waals surface area contributed by atoms with Crippen molar-refractivity contribution >= 4 is 11.3 Å². The van der Waals surface area contributed by atoms with E-state index in [0.29, 0.717) is 5.75 Å². The highest BCUT2D eigenvalue weighted by molar-refractivity contribution is 7.09. The molecular formula is C14H18N2OS. The van der Waals surface area contributed by atoms with Crippen LogP contribution in [0.3, 0.4) is 0 Å². The number of aromatic nitrogens is 1. The standard InChI is InChI=1S/C14H18N2OS/c1-2-12(11-5-3-4-6-13(11)17)15-8-7-14-16-9-10-18-14/h3-6,9-10,12,15,17H,2,7-8H2,1H3. The lowest BCUT2D eigenvalue weighted by Gasteiger charge is -2.18. The number of hydrogen-bond acceptors (Lipinski definition) is 4. The summed E-state index contributed by atoms with van der Waals surface area (Å²) in [7, 11) is 0. The van der Waals surface area contributed by atoms with Gasteiger partial charge in [0.25, 0.3) is 0 Å². The van der Waals surface area contributed by atoms with Gasteiger partial charge in [-0.25, -0.2) is 4.98 Å². The van der Waals surface area contributed by atoms with Crippen LogP contribution in [0.2, 0.25) is 0 Å². The number of benzene rings is 1. The Morgan fingerprint density at radius 3 is 2.89 bits per heavy atom. The van der Waals surface area contributed by atoms with Crippen LogP contribution in [0, 0.1) is 0 Å². The first kappa shape index (κ1) is 13.1. The number of nitrogens with zero attached hydrogens (tertiary/aromatic N) is 1. The number of hydrogen-bond donors (Lipinski definition) is 2. The van der Waals surface area contributed by atoms with E-state index in [1.165, 1.54) is 0 Å². The largest absolute Gasteiger partial charge is 0.508 e. The van der Waals surface area contributed by atoms with Crippen molar-refractivity contribution in [2.45, 2.75) is 25.8 Å². The summed E-state index contributed by atoms with van der Waals surface area (Å²) in [6, 6.07) is 7.72. The lowest BCUT2D eigenvalue weighted by molar-refractivity contribution is 0.442. The predicted molar refractivity (Wildman–Crippen MR) is 75.0 cm³/mol. The summed E-state index contributed by atoms with van der Waals surface area (Å²) >= 11 is 1.68. The molecule has 1 aromatic carbocycles. The van der Waals surface area contributed by atoms with Crippen molar-refractivity contribution in [3.8, 4) is 5.75 Å². The molecule has 1 aromatic heterocycles. The van der Waals surface area contributed by atoms with Crippen LogP contribution in [0.5, 0.6) is 5.75 Å². The first-order valence-corrected chi connectivity index (χ1v) is 7.09. The van der Waals surface area contributed by atoms with Crippen molar-refractivity contribution < 1.29 is 5.11 Å². The minimum Gasteiger partial charge on any atom is -0.508 e. The third-order valence-corrected chi connectivity index (χ3v) is 3.77. The van der Waals surface area contributed by atoms with E-state index < -0.39 is 0 Å². The van der Waals surface area contributed by atoms with Gasteiger partial charge < -0.3 is 10.4 Å². The third-order valence-electron chi connectivity index (χ3n) is 2.93. The number of phenols is 1. The molecule has 1 unspecified atom stereocenters. The number of thiazole rings is 1. The zero-order valence-electron chi connectivity index (χ0n) is 10.5. The molecule has 3 nitrogen and oxygen atoms in total. The molecule has 96 valence electrons. The van der Waals surface area contributed by atoms with Gasteiger partial charge >= 0.3 is 0 Å². The van der Waals surface area contributed by atoms with E-state index in [-0.39, 0.29) is 6.04 Å². The van der Waals surface area contributed by atoms with Gasteiger partial charge in [-0.15, -0.1) is 11.3 Å². The molecule has 0 amide bonds. The Balaban J connectivity index is 1.91. The van der Waals surface area contributed by atoms with E-state index >= 15 is 0 Å². The molecule has 0 aliphatic rings. The third kappa shape index (κ3) is 3.31. The molecule has 18 heavy (non-hydrogen) atoms. The summed E-state index contributed by atoms with van der Waals surface area (Å²) in [6.07, 6.45) is 3.72. The summed E-state index contributed by atoms with van der Waals surface area (Å²) in [5.74, 6) is 0.367. The highest BCUT2D eigenvalue weighted by Crippen LogP contribution is 2.25. The van der Waals surface area contributed by atoms with Crippen molar-refractivity contribution in [2.75, 3.05) is 6.54 Å². The summed E-state index contributed by atoms with van der Waals surface area (Å²) < 4.78 is 0. The average Bonchev–Trinajstić information content (AvgIpc) is 2.89. The summed E-state index contributed by atoms with van der Waals surface area (Å²) in [5.41, 5.74) is 0.971. The van der Waals surface area contributed by atoms with Gasteiger partial charge in [0, 0.05) is 36.1 Å². The molecule has 4 heteroatoms. The Bertz CT molecular complexity index is 470. The zero-order valence-corrected chi connectivity index (χ0v) is 11.3. The summed E-state index contributed by atoms with van der Waals surface area (Å²) in [4.78, 5) is 4.26. The Kier molecular flexibility index (Phi) is 4.73. The first-order valence-electron chi connectivity index (χ1n) is 6.21. The number of phenolic OH excluding ortho intramolecular Hbond substituents is 1. The monoisotopic (exact) mass is 262 g/mol. The first-order chi connectivity index (χ1) is 8.81. The van der Waals surface area contributed by atoms with E-state index in [1.54, 1.807) is 17.4 Å².